The van der Waals surface area contributed by atoms with Crippen LogP contribution in [0.1, 0.15) is 11.1 Å². The molecule has 0 radical (unpaired) electrons. The van der Waals surface area contributed by atoms with Crippen molar-refractivity contribution >= 4 is 17.7 Å². The standard InChI is InChI=1S/C10H9ClF3NO/c11-7-4-6(2-1-3-15)9(16)8(5-7)10(12,13)14/h1-2,4-5,16H,3,15H2/b2-1+. The van der Waals surface area contributed by atoms with Gasteiger partial charge in [0.25, 0.3) is 0 Å². The molecule has 0 saturated carbocycles. The number of hydrogen-bond donors (Lipinski definition) is 2. The van der Waals surface area contributed by atoms with Crippen LogP contribution in [-0.2, 0) is 6.18 Å². The van der Waals surface area contributed by atoms with Crippen LogP contribution in [0.2, 0.25) is 5.02 Å². The van der Waals surface area contributed by atoms with Gasteiger partial charge in [-0.2, -0.15) is 13.2 Å². The number of halogens is 4. The van der Waals surface area contributed by atoms with Gasteiger partial charge in [0, 0.05) is 17.1 Å². The maximum Gasteiger partial charge on any atom is 0.420 e. The average molecular weight is 252 g/mol. The van der Waals surface area contributed by atoms with Gasteiger partial charge in [-0.25, -0.2) is 0 Å². The summed E-state index contributed by atoms with van der Waals surface area (Å²) in [6.07, 6.45) is -1.93. The van der Waals surface area contributed by atoms with Gasteiger partial charge in [-0.1, -0.05) is 23.8 Å². The molecule has 0 aromatic heterocycles. The number of aromatic hydroxyl groups is 1. The van der Waals surface area contributed by atoms with Crippen LogP contribution in [0.4, 0.5) is 13.2 Å². The number of benzene rings is 1. The van der Waals surface area contributed by atoms with Gasteiger partial charge < -0.3 is 10.8 Å². The van der Waals surface area contributed by atoms with Gasteiger partial charge in [0.1, 0.15) is 5.75 Å². The van der Waals surface area contributed by atoms with E-state index in [4.69, 9.17) is 17.3 Å². The zero-order valence-corrected chi connectivity index (χ0v) is 8.81. The van der Waals surface area contributed by atoms with Gasteiger partial charge >= 0.3 is 6.18 Å². The second-order valence-electron chi connectivity index (χ2n) is 3.03. The highest BCUT2D eigenvalue weighted by Gasteiger charge is 2.34. The average Bonchev–Trinajstić information content (AvgIpc) is 2.17. The summed E-state index contributed by atoms with van der Waals surface area (Å²) in [5.41, 5.74) is 4.00. The molecule has 3 N–H and O–H groups in total. The van der Waals surface area contributed by atoms with E-state index >= 15 is 0 Å². The minimum atomic E-state index is -4.64. The van der Waals surface area contributed by atoms with Crippen LogP contribution >= 0.6 is 11.6 Å². The van der Waals surface area contributed by atoms with Crippen LogP contribution in [0.15, 0.2) is 18.2 Å². The van der Waals surface area contributed by atoms with Crippen molar-refractivity contribution in [2.24, 2.45) is 5.73 Å². The molecule has 88 valence electrons. The first-order valence-electron chi connectivity index (χ1n) is 4.32. The van der Waals surface area contributed by atoms with Crippen molar-refractivity contribution in [3.05, 3.63) is 34.4 Å². The molecule has 0 aliphatic carbocycles. The lowest BCUT2D eigenvalue weighted by Gasteiger charge is -2.11. The Kier molecular flexibility index (Phi) is 3.83. The van der Waals surface area contributed by atoms with E-state index < -0.39 is 17.5 Å². The minimum Gasteiger partial charge on any atom is -0.507 e. The monoisotopic (exact) mass is 251 g/mol. The third-order valence-electron chi connectivity index (χ3n) is 1.84. The molecule has 16 heavy (non-hydrogen) atoms. The third kappa shape index (κ3) is 2.90. The van der Waals surface area contributed by atoms with Crippen molar-refractivity contribution < 1.29 is 18.3 Å². The quantitative estimate of drug-likeness (QED) is 0.849. The summed E-state index contributed by atoms with van der Waals surface area (Å²) < 4.78 is 37.4. The highest BCUT2D eigenvalue weighted by Crippen LogP contribution is 2.39. The predicted molar refractivity (Wildman–Crippen MR) is 56.2 cm³/mol. The van der Waals surface area contributed by atoms with E-state index in [1.54, 1.807) is 0 Å². The normalized spacial score (nSPS) is 12.3. The molecule has 0 fully saturated rings. The Bertz CT molecular complexity index is 415. The van der Waals surface area contributed by atoms with Gasteiger partial charge in [0.2, 0.25) is 0 Å². The molecule has 1 aromatic carbocycles. The predicted octanol–water partition coefficient (Wildman–Crippen LogP) is 3.04. The highest BCUT2D eigenvalue weighted by atomic mass is 35.5. The molecule has 0 saturated heterocycles. The molecule has 0 atom stereocenters. The van der Waals surface area contributed by atoms with Gasteiger partial charge in [-0.3, -0.25) is 0 Å². The highest BCUT2D eigenvalue weighted by molar-refractivity contribution is 6.30. The molecular formula is C10H9ClF3NO. The van der Waals surface area contributed by atoms with Crippen molar-refractivity contribution in [3.63, 3.8) is 0 Å². The van der Waals surface area contributed by atoms with Crippen molar-refractivity contribution in [2.75, 3.05) is 6.54 Å². The lowest BCUT2D eigenvalue weighted by atomic mass is 10.1. The second kappa shape index (κ2) is 4.76. The van der Waals surface area contributed by atoms with Crippen LogP contribution in [0, 0.1) is 0 Å². The topological polar surface area (TPSA) is 46.2 Å². The SMILES string of the molecule is NC/C=C/c1cc(Cl)cc(C(F)(F)F)c1O. The number of alkyl halides is 3. The van der Waals surface area contributed by atoms with E-state index in [1.165, 1.54) is 18.2 Å². The maximum absolute atomic E-state index is 12.5. The first-order chi connectivity index (χ1) is 7.36. The number of phenols is 1. The Balaban J connectivity index is 3.32. The summed E-state index contributed by atoms with van der Waals surface area (Å²) in [6.45, 7) is 0.160. The summed E-state index contributed by atoms with van der Waals surface area (Å²) in [5, 5.41) is 9.31. The third-order valence-corrected chi connectivity index (χ3v) is 2.06. The smallest absolute Gasteiger partial charge is 0.420 e. The zero-order chi connectivity index (χ0) is 12.3. The minimum absolute atomic E-state index is 0.00900. The largest absolute Gasteiger partial charge is 0.507 e. The zero-order valence-electron chi connectivity index (χ0n) is 8.05. The molecule has 0 spiro atoms. The molecule has 0 heterocycles. The molecule has 0 bridgehead atoms. The van der Waals surface area contributed by atoms with Gasteiger partial charge in [-0.15, -0.1) is 0 Å². The number of nitrogens with two attached hydrogens (primary N) is 1. The van der Waals surface area contributed by atoms with Crippen LogP contribution < -0.4 is 5.73 Å². The Morgan fingerprint density at radius 3 is 2.50 bits per heavy atom. The first-order valence-corrected chi connectivity index (χ1v) is 4.70. The lowest BCUT2D eigenvalue weighted by molar-refractivity contribution is -0.138. The van der Waals surface area contributed by atoms with Gasteiger partial charge in [-0.05, 0) is 12.1 Å². The number of rotatable bonds is 2. The molecule has 2 nitrogen and oxygen atoms in total. The summed E-state index contributed by atoms with van der Waals surface area (Å²) in [7, 11) is 0. The van der Waals surface area contributed by atoms with Crippen LogP contribution in [0.5, 0.6) is 5.75 Å². The van der Waals surface area contributed by atoms with Crippen molar-refractivity contribution in [1.82, 2.24) is 0 Å². The molecule has 6 heteroatoms. The summed E-state index contributed by atoms with van der Waals surface area (Å²) in [6, 6.07) is 1.91. The Hall–Kier alpha value is -1.20. The van der Waals surface area contributed by atoms with E-state index in [0.717, 1.165) is 0 Å². The van der Waals surface area contributed by atoms with Crippen LogP contribution in [0.3, 0.4) is 0 Å². The van der Waals surface area contributed by atoms with Crippen LogP contribution in [-0.4, -0.2) is 11.7 Å². The summed E-state index contributed by atoms with van der Waals surface area (Å²) >= 11 is 5.53. The molecule has 0 aliphatic rings. The van der Waals surface area contributed by atoms with E-state index in [0.29, 0.717) is 6.07 Å². The molecule has 1 rings (SSSR count). The van der Waals surface area contributed by atoms with E-state index in [2.05, 4.69) is 0 Å². The van der Waals surface area contributed by atoms with Crippen molar-refractivity contribution in [1.29, 1.82) is 0 Å². The van der Waals surface area contributed by atoms with E-state index in [1.807, 2.05) is 0 Å². The molecule has 1 aromatic rings. The Morgan fingerprint density at radius 2 is 2.00 bits per heavy atom. The Labute approximate surface area is 95.1 Å². The fourth-order valence-electron chi connectivity index (χ4n) is 1.16. The summed E-state index contributed by atoms with van der Waals surface area (Å²) in [4.78, 5) is 0. The van der Waals surface area contributed by atoms with Gasteiger partial charge in [0.05, 0.1) is 5.56 Å². The second-order valence-corrected chi connectivity index (χ2v) is 3.46. The fourth-order valence-corrected chi connectivity index (χ4v) is 1.39. The number of phenolic OH excluding ortho intramolecular Hbond substituents is 1. The number of hydrogen-bond acceptors (Lipinski definition) is 2. The van der Waals surface area contributed by atoms with Crippen molar-refractivity contribution in [3.8, 4) is 5.75 Å². The maximum atomic E-state index is 12.5. The lowest BCUT2D eigenvalue weighted by Crippen LogP contribution is -2.06. The van der Waals surface area contributed by atoms with Crippen molar-refractivity contribution in [2.45, 2.75) is 6.18 Å². The van der Waals surface area contributed by atoms with E-state index in [9.17, 15) is 18.3 Å². The summed E-state index contributed by atoms with van der Waals surface area (Å²) in [5.74, 6) is -0.846. The van der Waals surface area contributed by atoms with E-state index in [-0.39, 0.29) is 17.1 Å². The molecule has 0 aliphatic heterocycles. The van der Waals surface area contributed by atoms with Crippen LogP contribution in [0.25, 0.3) is 6.08 Å². The molecular weight excluding hydrogens is 243 g/mol. The van der Waals surface area contributed by atoms with Gasteiger partial charge in [0.15, 0.2) is 0 Å². The fraction of sp³-hybridized carbons (Fsp3) is 0.200. The first kappa shape index (κ1) is 12.9. The Morgan fingerprint density at radius 1 is 1.38 bits per heavy atom. The molecule has 0 amide bonds. The molecule has 0 unspecified atom stereocenters.